The molecule has 2 fully saturated rings. The number of pyridine rings is 1. The predicted molar refractivity (Wildman–Crippen MR) is 215 cm³/mol. The molecule has 2 saturated heterocycles. The maximum atomic E-state index is 12.8. The number of amides is 4. The third-order valence-electron chi connectivity index (χ3n) is 10.2. The lowest BCUT2D eigenvalue weighted by atomic mass is 9.78. The van der Waals surface area contributed by atoms with Crippen LogP contribution in [-0.2, 0) is 33.6 Å². The Morgan fingerprint density at radius 2 is 1.33 bits per heavy atom. The van der Waals surface area contributed by atoms with E-state index >= 15 is 0 Å². The molecule has 0 aliphatic carbocycles. The number of hydrogen-bond acceptors (Lipinski definition) is 16. The Morgan fingerprint density at radius 3 is 1.82 bits per heavy atom. The monoisotopic (exact) mass is 864 g/mol. The predicted octanol–water partition coefficient (Wildman–Crippen LogP) is -3.75. The number of nitrogens with one attached hydrogen (secondary N) is 4. The molecule has 0 bridgehead atoms. The third-order valence-corrected chi connectivity index (χ3v) is 10.2. The molecule has 61 heavy (non-hydrogen) atoms. The van der Waals surface area contributed by atoms with Crippen molar-refractivity contribution in [3.8, 4) is 0 Å². The molecule has 1 aromatic rings. The molecule has 1 aromatic heterocycles. The summed E-state index contributed by atoms with van der Waals surface area (Å²) < 4.78 is 0. The van der Waals surface area contributed by atoms with Crippen molar-refractivity contribution >= 4 is 60.4 Å². The minimum atomic E-state index is -1.68. The Hall–Kier alpha value is -5.47. The van der Waals surface area contributed by atoms with Crippen LogP contribution in [0.1, 0.15) is 55.8 Å². The number of likely N-dealkylation sites (tertiary alicyclic amines) is 1. The first-order valence-corrected chi connectivity index (χ1v) is 20.0. The third kappa shape index (κ3) is 18.0. The highest BCUT2D eigenvalue weighted by Crippen LogP contribution is 2.19. The van der Waals surface area contributed by atoms with Crippen LogP contribution in [0.25, 0.3) is 0 Å². The molecule has 2 aliphatic rings. The molecule has 3 heterocycles. The topological polar surface area (TPSA) is 335 Å². The summed E-state index contributed by atoms with van der Waals surface area (Å²) >= 11 is 0. The number of carboxylic acids is 4. The fourth-order valence-electron chi connectivity index (χ4n) is 6.97. The van der Waals surface area contributed by atoms with Crippen molar-refractivity contribution in [3.63, 3.8) is 0 Å². The molecule has 3 rings (SSSR count). The second-order valence-electron chi connectivity index (χ2n) is 14.8. The molecule has 0 saturated carbocycles. The largest absolute Gasteiger partial charge is 0.480 e. The van der Waals surface area contributed by atoms with Gasteiger partial charge >= 0.3 is 31.0 Å². The molecule has 0 spiro atoms. The fraction of sp³-hybridized carbons (Fsp3) is 0.639. The van der Waals surface area contributed by atoms with Crippen LogP contribution >= 0.6 is 0 Å². The Bertz CT molecular complexity index is 1640. The first kappa shape index (κ1) is 49.9. The smallest absolute Gasteiger partial charge is 0.475 e. The Balaban J connectivity index is 1.45. The highest BCUT2D eigenvalue weighted by molar-refractivity contribution is 6.43. The molecular formula is C36H57BN10O14. The standard InChI is InChI=1S/C36H57BN10O14/c1-24(35(57)47-11-3-4-27(47)37(60)61)40-34(56)25-6-8-28(39-20-25)41-42-30(49)5-2-10-38-29(48)9-7-26(36(58)59)46-18-16-44(22-32(52)53)14-12-43(21-31(50)51)13-15-45(17-19-46)23-33(54)55/h6,8,20,24,26-27,60-61H,2-5,7,9-19,21-23H2,1H3,(H,38,48)(H,39,41)(H,40,56)(H,42,49)(H,50,51)(H,52,53)(H,54,55)(H,58,59)/t24-,26-,27+/m1/s1. The van der Waals surface area contributed by atoms with E-state index in [4.69, 9.17) is 0 Å². The maximum absolute atomic E-state index is 12.8. The first-order valence-electron chi connectivity index (χ1n) is 20.0. The lowest BCUT2D eigenvalue weighted by molar-refractivity contribution is -0.145. The van der Waals surface area contributed by atoms with E-state index in [1.54, 1.807) is 19.6 Å². The van der Waals surface area contributed by atoms with Gasteiger partial charge in [0.05, 0.1) is 31.1 Å². The summed E-state index contributed by atoms with van der Waals surface area (Å²) in [6.45, 7) is 1.93. The molecular weight excluding hydrogens is 807 g/mol. The van der Waals surface area contributed by atoms with Crippen LogP contribution in [0.2, 0.25) is 0 Å². The van der Waals surface area contributed by atoms with Crippen LogP contribution in [0.4, 0.5) is 5.82 Å². The van der Waals surface area contributed by atoms with E-state index < -0.39 is 72.6 Å². The van der Waals surface area contributed by atoms with Gasteiger partial charge in [-0.25, -0.2) is 4.98 Å². The van der Waals surface area contributed by atoms with Gasteiger partial charge in [0.25, 0.3) is 5.91 Å². The normalized spacial score (nSPS) is 18.4. The summed E-state index contributed by atoms with van der Waals surface area (Å²) in [7, 11) is -1.68. The number of anilines is 1. The van der Waals surface area contributed by atoms with Gasteiger partial charge in [-0.2, -0.15) is 0 Å². The van der Waals surface area contributed by atoms with Crippen LogP contribution in [0.15, 0.2) is 18.3 Å². The van der Waals surface area contributed by atoms with Crippen molar-refractivity contribution in [1.29, 1.82) is 0 Å². The van der Waals surface area contributed by atoms with E-state index in [0.717, 1.165) is 0 Å². The van der Waals surface area contributed by atoms with Gasteiger partial charge in [-0.1, -0.05) is 0 Å². The summed E-state index contributed by atoms with van der Waals surface area (Å²) in [5.74, 6) is -7.02. The molecule has 0 unspecified atom stereocenters. The van der Waals surface area contributed by atoms with Gasteiger partial charge in [-0.05, 0) is 44.7 Å². The second-order valence-corrected chi connectivity index (χ2v) is 14.8. The lowest BCUT2D eigenvalue weighted by Crippen LogP contribution is -2.52. The number of rotatable bonds is 21. The minimum Gasteiger partial charge on any atom is -0.480 e. The van der Waals surface area contributed by atoms with Gasteiger partial charge in [0.2, 0.25) is 17.7 Å². The number of nitrogens with zero attached hydrogens (tertiary/aromatic N) is 6. The summed E-state index contributed by atoms with van der Waals surface area (Å²) in [5, 5.41) is 62.7. The summed E-state index contributed by atoms with van der Waals surface area (Å²) in [6, 6.07) is 0.749. The lowest BCUT2D eigenvalue weighted by Gasteiger charge is -2.35. The molecule has 24 nitrogen and oxygen atoms in total. The van der Waals surface area contributed by atoms with Crippen molar-refractivity contribution in [1.82, 2.24) is 45.5 Å². The zero-order chi connectivity index (χ0) is 45.1. The Labute approximate surface area is 352 Å². The number of hydrazine groups is 1. The molecule has 3 atom stereocenters. The van der Waals surface area contributed by atoms with Crippen LogP contribution in [-0.4, -0.2) is 218 Å². The van der Waals surface area contributed by atoms with E-state index in [-0.39, 0.29) is 116 Å². The van der Waals surface area contributed by atoms with Gasteiger partial charge in [-0.3, -0.25) is 68.8 Å². The zero-order valence-corrected chi connectivity index (χ0v) is 34.1. The van der Waals surface area contributed by atoms with Crippen LogP contribution in [0.3, 0.4) is 0 Å². The van der Waals surface area contributed by atoms with Crippen molar-refractivity contribution in [2.45, 2.75) is 63.5 Å². The maximum Gasteiger partial charge on any atom is 0.475 e. The molecule has 0 aromatic carbocycles. The SMILES string of the molecule is C[C@@H](NC(=O)c1ccc(NNC(=O)CCCNC(=O)CC[C@H](C(=O)O)N2CCN(CC(=O)O)CCN(CC(=O)O)CCN(CC(=O)O)CC2)nc1)C(=O)N1CCC[C@H]1B(O)O. The molecule has 338 valence electrons. The first-order chi connectivity index (χ1) is 28.9. The van der Waals surface area contributed by atoms with Crippen molar-refractivity contribution in [2.24, 2.45) is 0 Å². The Morgan fingerprint density at radius 1 is 0.770 bits per heavy atom. The number of aromatic nitrogens is 1. The van der Waals surface area contributed by atoms with Crippen molar-refractivity contribution in [3.05, 3.63) is 23.9 Å². The average Bonchev–Trinajstić information content (AvgIpc) is 3.69. The number of carbonyl (C=O) groups is 8. The summed E-state index contributed by atoms with van der Waals surface area (Å²) in [5.41, 5.74) is 5.21. The number of carboxylic acid groups (broad SMARTS) is 4. The summed E-state index contributed by atoms with van der Waals surface area (Å²) in [6.07, 6.45) is 2.21. The number of aliphatic carboxylic acids is 4. The van der Waals surface area contributed by atoms with Crippen LogP contribution < -0.4 is 21.5 Å². The van der Waals surface area contributed by atoms with Crippen LogP contribution in [0.5, 0.6) is 0 Å². The van der Waals surface area contributed by atoms with Crippen molar-refractivity contribution in [2.75, 3.05) is 90.5 Å². The van der Waals surface area contributed by atoms with E-state index in [2.05, 4.69) is 26.5 Å². The van der Waals surface area contributed by atoms with Gasteiger partial charge in [0.15, 0.2) is 0 Å². The Kier molecular flexibility index (Phi) is 20.7. The summed E-state index contributed by atoms with van der Waals surface area (Å²) in [4.78, 5) is 109. The van der Waals surface area contributed by atoms with E-state index in [9.17, 15) is 68.8 Å². The highest BCUT2D eigenvalue weighted by atomic mass is 16.4. The van der Waals surface area contributed by atoms with Gasteiger partial charge in [0, 0.05) is 84.5 Å². The van der Waals surface area contributed by atoms with E-state index in [1.807, 2.05) is 0 Å². The van der Waals surface area contributed by atoms with E-state index in [1.165, 1.54) is 30.2 Å². The minimum absolute atomic E-state index is 0.00977. The average molecular weight is 865 g/mol. The highest BCUT2D eigenvalue weighted by Gasteiger charge is 2.38. The molecule has 25 heteroatoms. The molecule has 0 radical (unpaired) electrons. The quantitative estimate of drug-likeness (QED) is 0.0322. The van der Waals surface area contributed by atoms with Crippen LogP contribution in [0, 0.1) is 0 Å². The van der Waals surface area contributed by atoms with E-state index in [0.29, 0.717) is 19.4 Å². The molecule has 10 N–H and O–H groups in total. The molecule has 2 aliphatic heterocycles. The number of hydrogen-bond donors (Lipinski definition) is 10. The van der Waals surface area contributed by atoms with Gasteiger partial charge in [0.1, 0.15) is 17.9 Å². The van der Waals surface area contributed by atoms with Crippen molar-refractivity contribution < 1.29 is 68.8 Å². The second kappa shape index (κ2) is 25.3. The zero-order valence-electron chi connectivity index (χ0n) is 34.1. The van der Waals surface area contributed by atoms with Gasteiger partial charge in [-0.15, -0.1) is 0 Å². The number of carbonyl (C=O) groups excluding carboxylic acids is 4. The van der Waals surface area contributed by atoms with Gasteiger partial charge < -0.3 is 46.0 Å². The fourth-order valence-corrected chi connectivity index (χ4v) is 6.97. The molecule has 4 amide bonds.